The van der Waals surface area contributed by atoms with Crippen LogP contribution in [0.3, 0.4) is 0 Å². The molecule has 0 aromatic carbocycles. The number of amides is 2. The number of nitrogens with two attached hydrogens (primary N) is 1. The zero-order valence-corrected chi connectivity index (χ0v) is 14.7. The predicted octanol–water partition coefficient (Wildman–Crippen LogP) is -2.18. The molecule has 2 amide bonds. The van der Waals surface area contributed by atoms with Gasteiger partial charge in [0.1, 0.15) is 12.1 Å². The van der Waals surface area contributed by atoms with Gasteiger partial charge in [-0.15, -0.1) is 0 Å². The molecule has 0 saturated carbocycles. The molecule has 8 N–H and O–H groups in total. The summed E-state index contributed by atoms with van der Waals surface area (Å²) in [6, 6.07) is -5.10. The van der Waals surface area contributed by atoms with Crippen molar-refractivity contribution in [3.8, 4) is 0 Å². The van der Waals surface area contributed by atoms with Gasteiger partial charge in [0.15, 0.2) is 0 Å². The molecular weight excluding hydrogens is 370 g/mol. The second-order valence-electron chi connectivity index (χ2n) is 4.86. The Morgan fingerprint density at radius 1 is 0.741 bits per heavy atom. The van der Waals surface area contributed by atoms with Crippen molar-refractivity contribution < 1.29 is 49.2 Å². The van der Waals surface area contributed by atoms with Crippen LogP contribution in [0.25, 0.3) is 0 Å². The van der Waals surface area contributed by atoms with Gasteiger partial charge in [0, 0.05) is 0 Å². The minimum absolute atomic E-state index is 0.769. The molecule has 3 atom stereocenters. The number of hydrogen-bond acceptors (Lipinski definition) is 7. The van der Waals surface area contributed by atoms with Crippen LogP contribution in [0.4, 0.5) is 0 Å². The predicted molar refractivity (Wildman–Crippen MR) is 87.6 cm³/mol. The number of carbonyl (C=O) groups is 6. The maximum absolute atomic E-state index is 11.7. The molecule has 0 radical (unpaired) electrons. The lowest BCUT2D eigenvalue weighted by Gasteiger charge is -2.17. The molecule has 0 aliphatic rings. The summed E-state index contributed by atoms with van der Waals surface area (Å²) >= 11 is 0. The molecule has 13 heteroatoms. The van der Waals surface area contributed by atoms with Gasteiger partial charge in [0.25, 0.3) is 0 Å². The maximum atomic E-state index is 11.7. The van der Waals surface area contributed by atoms with Crippen LogP contribution in [-0.2, 0) is 28.8 Å². The first-order valence-electron chi connectivity index (χ1n) is 7.68. The molecule has 0 spiro atoms. The van der Waals surface area contributed by atoms with E-state index in [-0.39, 0.29) is 0 Å². The maximum Gasteiger partial charge on any atom is 0.326 e. The van der Waals surface area contributed by atoms with Gasteiger partial charge in [-0.3, -0.25) is 19.2 Å². The van der Waals surface area contributed by atoms with Gasteiger partial charge >= 0.3 is 23.9 Å². The van der Waals surface area contributed by atoms with Crippen molar-refractivity contribution in [2.75, 3.05) is 0 Å². The van der Waals surface area contributed by atoms with Crippen LogP contribution in [0.5, 0.6) is 0 Å². The van der Waals surface area contributed by atoms with Gasteiger partial charge in [-0.25, -0.2) is 9.59 Å². The average molecular weight is 393 g/mol. The third-order valence-corrected chi connectivity index (χ3v) is 2.75. The van der Waals surface area contributed by atoms with Crippen molar-refractivity contribution in [2.24, 2.45) is 5.73 Å². The molecule has 0 aromatic heterocycles. The molecular formula is C14H23N3O10. The molecule has 0 aliphatic heterocycles. The molecule has 0 saturated heterocycles. The van der Waals surface area contributed by atoms with Gasteiger partial charge < -0.3 is 36.8 Å². The quantitative estimate of drug-likeness (QED) is 0.199. The Labute approximate surface area is 153 Å². The summed E-state index contributed by atoms with van der Waals surface area (Å²) in [7, 11) is 0. The van der Waals surface area contributed by atoms with Crippen LogP contribution in [0, 0.1) is 0 Å². The number of hydrogen-bond donors (Lipinski definition) is 7. The second kappa shape index (κ2) is 13.0. The van der Waals surface area contributed by atoms with E-state index in [1.54, 1.807) is 0 Å². The number of nitrogens with one attached hydrogen (secondary N) is 2. The summed E-state index contributed by atoms with van der Waals surface area (Å²) in [5, 5.41) is 38.3. The lowest BCUT2D eigenvalue weighted by atomic mass is 10.1. The summed E-state index contributed by atoms with van der Waals surface area (Å²) in [5.74, 6) is -8.40. The van der Waals surface area contributed by atoms with E-state index in [0.29, 0.717) is 0 Å². The van der Waals surface area contributed by atoms with Gasteiger partial charge in [0.05, 0.1) is 25.3 Å². The highest BCUT2D eigenvalue weighted by Gasteiger charge is 2.28. The van der Waals surface area contributed by atoms with Crippen molar-refractivity contribution in [1.29, 1.82) is 0 Å². The third-order valence-electron chi connectivity index (χ3n) is 2.75. The fourth-order valence-corrected chi connectivity index (χ4v) is 1.57. The van der Waals surface area contributed by atoms with Crippen LogP contribution in [0.15, 0.2) is 0 Å². The number of rotatable bonds is 11. The lowest BCUT2D eigenvalue weighted by molar-refractivity contribution is -0.147. The van der Waals surface area contributed by atoms with Crippen LogP contribution in [-0.4, -0.2) is 74.2 Å². The Hall–Kier alpha value is -3.22. The number of carboxylic acid groups (broad SMARTS) is 4. The fourth-order valence-electron chi connectivity index (χ4n) is 1.57. The first-order chi connectivity index (χ1) is 12.4. The van der Waals surface area contributed by atoms with E-state index in [0.717, 1.165) is 0 Å². The van der Waals surface area contributed by atoms with E-state index >= 15 is 0 Å². The van der Waals surface area contributed by atoms with E-state index in [2.05, 4.69) is 0 Å². The Bertz CT molecular complexity index is 577. The Morgan fingerprint density at radius 2 is 1.11 bits per heavy atom. The monoisotopic (exact) mass is 393 g/mol. The summed E-state index contributed by atoms with van der Waals surface area (Å²) < 4.78 is 0. The molecule has 13 nitrogen and oxygen atoms in total. The van der Waals surface area contributed by atoms with Crippen molar-refractivity contribution in [3.05, 3.63) is 0 Å². The number of carboxylic acids is 4. The fraction of sp³-hybridized carbons (Fsp3) is 0.571. The summed E-state index contributed by atoms with van der Waals surface area (Å²) in [6.45, 7) is 4.00. The van der Waals surface area contributed by atoms with E-state index in [9.17, 15) is 28.8 Å². The third kappa shape index (κ3) is 11.9. The molecule has 0 aromatic rings. The zero-order valence-electron chi connectivity index (χ0n) is 14.7. The van der Waals surface area contributed by atoms with E-state index in [1.807, 2.05) is 24.5 Å². The van der Waals surface area contributed by atoms with Crippen LogP contribution >= 0.6 is 0 Å². The highest BCUT2D eigenvalue weighted by molar-refractivity contribution is 5.93. The molecule has 154 valence electrons. The Morgan fingerprint density at radius 3 is 1.44 bits per heavy atom. The Balaban J connectivity index is 0. The van der Waals surface area contributed by atoms with Crippen molar-refractivity contribution >= 4 is 35.7 Å². The second-order valence-corrected chi connectivity index (χ2v) is 4.86. The molecule has 0 rings (SSSR count). The van der Waals surface area contributed by atoms with Gasteiger partial charge in [0.2, 0.25) is 11.8 Å². The van der Waals surface area contributed by atoms with Crippen LogP contribution in [0.1, 0.15) is 33.1 Å². The molecule has 0 heterocycles. The van der Waals surface area contributed by atoms with Crippen LogP contribution < -0.4 is 16.4 Å². The minimum Gasteiger partial charge on any atom is -0.481 e. The van der Waals surface area contributed by atoms with Crippen molar-refractivity contribution in [1.82, 2.24) is 10.6 Å². The summed E-state index contributed by atoms with van der Waals surface area (Å²) in [4.78, 5) is 65.9. The molecule has 3 unspecified atom stereocenters. The molecule has 0 bridgehead atoms. The van der Waals surface area contributed by atoms with Gasteiger partial charge in [-0.1, -0.05) is 13.8 Å². The normalized spacial score (nSPS) is 13.0. The van der Waals surface area contributed by atoms with Gasteiger partial charge in [-0.2, -0.15) is 0 Å². The van der Waals surface area contributed by atoms with E-state index in [1.165, 1.54) is 0 Å². The first kappa shape index (κ1) is 26.0. The van der Waals surface area contributed by atoms with Gasteiger partial charge in [-0.05, 0) is 0 Å². The molecule has 0 aliphatic carbocycles. The Kier molecular flexibility index (Phi) is 12.6. The van der Waals surface area contributed by atoms with E-state index in [4.69, 9.17) is 26.2 Å². The number of aliphatic carboxylic acids is 4. The molecule has 0 fully saturated rings. The minimum atomic E-state index is -1.77. The van der Waals surface area contributed by atoms with Crippen LogP contribution in [0.2, 0.25) is 0 Å². The summed E-state index contributed by atoms with van der Waals surface area (Å²) in [5.41, 5.74) is 5.37. The number of carbonyl (C=O) groups excluding carboxylic acids is 2. The van der Waals surface area contributed by atoms with E-state index < -0.39 is 73.1 Å². The smallest absolute Gasteiger partial charge is 0.326 e. The average Bonchev–Trinajstić information content (AvgIpc) is 2.54. The first-order valence-corrected chi connectivity index (χ1v) is 7.68. The largest absolute Gasteiger partial charge is 0.481 e. The standard InChI is InChI=1S/C12H17N3O10.C2H6/c13-4(10(21)15-6(12(24)25)3-9(19)20)1-7(16)14-5(11(22)23)2-8(17)18;1-2/h4-6H,1-3,13H2,(H,14,16)(H,15,21)(H,17,18)(H,19,20)(H,22,23)(H,24,25);1-2H3. The lowest BCUT2D eigenvalue weighted by Crippen LogP contribution is -2.51. The summed E-state index contributed by atoms with van der Waals surface area (Å²) in [6.07, 6.45) is -2.59. The molecule has 27 heavy (non-hydrogen) atoms. The highest BCUT2D eigenvalue weighted by atomic mass is 16.4. The topological polar surface area (TPSA) is 233 Å². The SMILES string of the molecule is CC.NC(CC(=O)NC(CC(=O)O)C(=O)O)C(=O)NC(CC(=O)O)C(=O)O. The van der Waals surface area contributed by atoms with Crippen molar-refractivity contribution in [2.45, 2.75) is 51.2 Å². The van der Waals surface area contributed by atoms with Crippen molar-refractivity contribution in [3.63, 3.8) is 0 Å². The highest BCUT2D eigenvalue weighted by Crippen LogP contribution is 1.98. The zero-order chi connectivity index (χ0) is 21.7.